The molecule has 35 heavy (non-hydrogen) atoms. The molecule has 1 saturated carbocycles. The van der Waals surface area contributed by atoms with E-state index < -0.39 is 12.1 Å². The van der Waals surface area contributed by atoms with Crippen LogP contribution in [0.5, 0.6) is 5.75 Å². The molecule has 1 aliphatic rings. The minimum absolute atomic E-state index is 0.128. The Morgan fingerprint density at radius 1 is 1.11 bits per heavy atom. The van der Waals surface area contributed by atoms with Gasteiger partial charge in [0, 0.05) is 17.7 Å². The normalized spacial score (nSPS) is 19.5. The lowest BCUT2D eigenvalue weighted by atomic mass is 9.82. The molecule has 2 atom stereocenters. The highest BCUT2D eigenvalue weighted by atomic mass is 35.5. The fourth-order valence-electron chi connectivity index (χ4n) is 4.63. The SMILES string of the molecule is COc1ccc(CC(C)O)cc1C(C)Nc1ccc(C(=O)NCC2CCC(C(=O)O)CC2)cc1Cl. The quantitative estimate of drug-likeness (QED) is 0.361. The highest BCUT2D eigenvalue weighted by Gasteiger charge is 2.26. The summed E-state index contributed by atoms with van der Waals surface area (Å²) >= 11 is 6.51. The zero-order valence-corrected chi connectivity index (χ0v) is 21.3. The summed E-state index contributed by atoms with van der Waals surface area (Å²) in [5.41, 5.74) is 3.13. The molecule has 0 aliphatic heterocycles. The largest absolute Gasteiger partial charge is 0.496 e. The third-order valence-electron chi connectivity index (χ3n) is 6.64. The summed E-state index contributed by atoms with van der Waals surface area (Å²) < 4.78 is 5.52. The number of aliphatic carboxylic acids is 1. The molecule has 190 valence electrons. The number of methoxy groups -OCH3 is 1. The van der Waals surface area contributed by atoms with E-state index in [4.69, 9.17) is 21.4 Å². The van der Waals surface area contributed by atoms with E-state index >= 15 is 0 Å². The Balaban J connectivity index is 1.61. The van der Waals surface area contributed by atoms with Crippen molar-refractivity contribution in [1.29, 1.82) is 0 Å². The molecule has 0 saturated heterocycles. The van der Waals surface area contributed by atoms with Crippen molar-refractivity contribution in [1.82, 2.24) is 5.32 Å². The average molecular weight is 503 g/mol. The Labute approximate surface area is 211 Å². The van der Waals surface area contributed by atoms with Crippen LogP contribution >= 0.6 is 11.6 Å². The number of nitrogens with one attached hydrogen (secondary N) is 2. The number of benzene rings is 2. The molecule has 0 radical (unpaired) electrons. The van der Waals surface area contributed by atoms with Crippen molar-refractivity contribution < 1.29 is 24.5 Å². The third kappa shape index (κ3) is 7.36. The summed E-state index contributed by atoms with van der Waals surface area (Å²) in [4.78, 5) is 23.8. The van der Waals surface area contributed by atoms with E-state index in [0.717, 1.165) is 29.7 Å². The average Bonchev–Trinajstić information content (AvgIpc) is 2.83. The Hall–Kier alpha value is -2.77. The van der Waals surface area contributed by atoms with Crippen molar-refractivity contribution in [2.75, 3.05) is 19.0 Å². The van der Waals surface area contributed by atoms with Crippen LogP contribution in [0.1, 0.15) is 67.1 Å². The highest BCUT2D eigenvalue weighted by Crippen LogP contribution is 2.32. The fourth-order valence-corrected chi connectivity index (χ4v) is 4.86. The van der Waals surface area contributed by atoms with E-state index in [2.05, 4.69) is 10.6 Å². The van der Waals surface area contributed by atoms with Crippen LogP contribution in [-0.4, -0.2) is 41.8 Å². The molecular formula is C27H35ClN2O5. The zero-order chi connectivity index (χ0) is 25.5. The number of carbonyl (C=O) groups excluding carboxylic acids is 1. The van der Waals surface area contributed by atoms with E-state index in [1.54, 1.807) is 32.2 Å². The smallest absolute Gasteiger partial charge is 0.306 e. The maximum Gasteiger partial charge on any atom is 0.306 e. The van der Waals surface area contributed by atoms with Gasteiger partial charge in [0.1, 0.15) is 5.75 Å². The molecule has 0 bridgehead atoms. The highest BCUT2D eigenvalue weighted by molar-refractivity contribution is 6.33. The molecule has 1 aliphatic carbocycles. The second-order valence-electron chi connectivity index (χ2n) is 9.46. The van der Waals surface area contributed by atoms with Gasteiger partial charge in [0.2, 0.25) is 0 Å². The molecule has 2 aromatic rings. The number of halogens is 1. The molecule has 2 unspecified atom stereocenters. The molecule has 1 amide bonds. The number of aliphatic hydroxyl groups excluding tert-OH is 1. The summed E-state index contributed by atoms with van der Waals surface area (Å²) in [6, 6.07) is 10.9. The number of aliphatic hydroxyl groups is 1. The lowest BCUT2D eigenvalue weighted by Gasteiger charge is -2.26. The van der Waals surface area contributed by atoms with Crippen molar-refractivity contribution in [2.45, 2.75) is 58.1 Å². The summed E-state index contributed by atoms with van der Waals surface area (Å²) in [7, 11) is 1.62. The Kier molecular flexibility index (Phi) is 9.40. The summed E-state index contributed by atoms with van der Waals surface area (Å²) in [6.45, 7) is 4.29. The molecule has 3 rings (SSSR count). The topological polar surface area (TPSA) is 108 Å². The van der Waals surface area contributed by atoms with E-state index in [1.807, 2.05) is 25.1 Å². The first-order valence-electron chi connectivity index (χ1n) is 12.1. The maximum atomic E-state index is 12.7. The van der Waals surface area contributed by atoms with Gasteiger partial charge in [-0.25, -0.2) is 0 Å². The van der Waals surface area contributed by atoms with Gasteiger partial charge in [-0.2, -0.15) is 0 Å². The number of hydrogen-bond acceptors (Lipinski definition) is 5. The number of carboxylic acids is 1. The first kappa shape index (κ1) is 26.8. The van der Waals surface area contributed by atoms with E-state index in [1.165, 1.54) is 0 Å². The van der Waals surface area contributed by atoms with Gasteiger partial charge in [-0.3, -0.25) is 9.59 Å². The molecular weight excluding hydrogens is 468 g/mol. The summed E-state index contributed by atoms with van der Waals surface area (Å²) in [5, 5.41) is 25.6. The fraction of sp³-hybridized carbons (Fsp3) is 0.481. The van der Waals surface area contributed by atoms with Crippen LogP contribution in [0.15, 0.2) is 36.4 Å². The second kappa shape index (κ2) is 12.3. The van der Waals surface area contributed by atoms with Crippen LogP contribution in [-0.2, 0) is 11.2 Å². The Morgan fingerprint density at radius 2 is 1.83 bits per heavy atom. The maximum absolute atomic E-state index is 12.7. The number of ether oxygens (including phenoxy) is 1. The molecule has 0 spiro atoms. The van der Waals surface area contributed by atoms with E-state index in [0.29, 0.717) is 48.0 Å². The molecule has 7 nitrogen and oxygen atoms in total. The van der Waals surface area contributed by atoms with E-state index in [-0.39, 0.29) is 17.9 Å². The van der Waals surface area contributed by atoms with Gasteiger partial charge in [0.25, 0.3) is 5.91 Å². The van der Waals surface area contributed by atoms with Crippen LogP contribution < -0.4 is 15.4 Å². The van der Waals surface area contributed by atoms with Gasteiger partial charge in [-0.1, -0.05) is 17.7 Å². The lowest BCUT2D eigenvalue weighted by Crippen LogP contribution is -2.32. The number of carboxylic acid groups (broad SMARTS) is 1. The molecule has 0 aromatic heterocycles. The summed E-state index contributed by atoms with van der Waals surface area (Å²) in [5.74, 6) is -0.144. The van der Waals surface area contributed by atoms with Crippen LogP contribution in [0.4, 0.5) is 5.69 Å². The van der Waals surface area contributed by atoms with Crippen LogP contribution in [0.25, 0.3) is 0 Å². The number of carbonyl (C=O) groups is 2. The number of amides is 1. The molecule has 8 heteroatoms. The minimum atomic E-state index is -0.726. The molecule has 1 fully saturated rings. The molecule has 4 N–H and O–H groups in total. The molecule has 0 heterocycles. The zero-order valence-electron chi connectivity index (χ0n) is 20.5. The number of hydrogen-bond donors (Lipinski definition) is 4. The van der Waals surface area contributed by atoms with Gasteiger partial charge in [0.15, 0.2) is 0 Å². The van der Waals surface area contributed by atoms with Crippen molar-refractivity contribution in [2.24, 2.45) is 11.8 Å². The second-order valence-corrected chi connectivity index (χ2v) is 9.86. The van der Waals surface area contributed by atoms with Gasteiger partial charge in [-0.15, -0.1) is 0 Å². The first-order valence-corrected chi connectivity index (χ1v) is 12.5. The Morgan fingerprint density at radius 3 is 2.43 bits per heavy atom. The molecule has 2 aromatic carbocycles. The van der Waals surface area contributed by atoms with Gasteiger partial charge in [-0.05, 0) is 87.8 Å². The minimum Gasteiger partial charge on any atom is -0.496 e. The van der Waals surface area contributed by atoms with Crippen LogP contribution in [0.3, 0.4) is 0 Å². The predicted octanol–water partition coefficient (Wildman–Crippen LogP) is 5.07. The van der Waals surface area contributed by atoms with Crippen molar-refractivity contribution in [3.05, 3.63) is 58.1 Å². The van der Waals surface area contributed by atoms with Crippen molar-refractivity contribution in [3.8, 4) is 5.75 Å². The van der Waals surface area contributed by atoms with Gasteiger partial charge >= 0.3 is 5.97 Å². The van der Waals surface area contributed by atoms with Gasteiger partial charge in [0.05, 0.1) is 35.9 Å². The van der Waals surface area contributed by atoms with Crippen LogP contribution in [0, 0.1) is 11.8 Å². The standard InChI is InChI=1S/C27H35ClN2O5/c1-16(31)12-19-6-11-25(35-3)22(13-19)17(2)30-24-10-9-21(14-23(24)28)26(32)29-15-18-4-7-20(8-5-18)27(33)34/h6,9-11,13-14,16-18,20,30-31H,4-5,7-8,12,15H2,1-3H3,(H,29,32)(H,33,34). The monoisotopic (exact) mass is 502 g/mol. The first-order chi connectivity index (χ1) is 16.7. The predicted molar refractivity (Wildman–Crippen MR) is 137 cm³/mol. The summed E-state index contributed by atoms with van der Waals surface area (Å²) in [6.07, 6.45) is 3.05. The van der Waals surface area contributed by atoms with Crippen molar-refractivity contribution in [3.63, 3.8) is 0 Å². The Bertz CT molecular complexity index is 1030. The third-order valence-corrected chi connectivity index (χ3v) is 6.96. The van der Waals surface area contributed by atoms with Crippen molar-refractivity contribution >= 4 is 29.2 Å². The van der Waals surface area contributed by atoms with Gasteiger partial charge < -0.3 is 25.6 Å². The van der Waals surface area contributed by atoms with Crippen LogP contribution in [0.2, 0.25) is 5.02 Å². The number of rotatable bonds is 10. The van der Waals surface area contributed by atoms with E-state index in [9.17, 15) is 14.7 Å². The number of anilines is 1. The lowest BCUT2D eigenvalue weighted by molar-refractivity contribution is -0.143.